The van der Waals surface area contributed by atoms with Gasteiger partial charge in [-0.05, 0) is 42.2 Å². The molecule has 0 N–H and O–H groups in total. The molecule has 0 saturated heterocycles. The van der Waals surface area contributed by atoms with Gasteiger partial charge in [0.2, 0.25) is 0 Å². The molecule has 0 radical (unpaired) electrons. The van der Waals surface area contributed by atoms with E-state index in [1.165, 1.54) is 6.26 Å². The first-order valence-corrected chi connectivity index (χ1v) is 7.72. The minimum Gasteiger partial charge on any atom is -0.493 e. The van der Waals surface area contributed by atoms with Crippen molar-refractivity contribution in [3.8, 4) is 11.5 Å². The minimum absolute atomic E-state index is 0.265. The van der Waals surface area contributed by atoms with Crippen molar-refractivity contribution in [2.75, 3.05) is 14.2 Å². The Balaban J connectivity index is 1.93. The van der Waals surface area contributed by atoms with E-state index in [-0.39, 0.29) is 12.4 Å². The second kappa shape index (κ2) is 8.77. The van der Waals surface area contributed by atoms with E-state index >= 15 is 0 Å². The first-order valence-electron chi connectivity index (χ1n) is 7.72. The fourth-order valence-electron chi connectivity index (χ4n) is 2.32. The largest absolute Gasteiger partial charge is 0.493 e. The lowest BCUT2D eigenvalue weighted by atomic mass is 10.1. The average molecular weight is 326 g/mol. The fourth-order valence-corrected chi connectivity index (χ4v) is 2.32. The molecule has 0 unspecified atom stereocenters. The normalized spacial score (nSPS) is 11.0. The van der Waals surface area contributed by atoms with E-state index in [9.17, 15) is 4.79 Å². The predicted octanol–water partition coefficient (Wildman–Crippen LogP) is 3.94. The number of carbonyl (C=O) groups excluding carboxylic acids is 1. The highest BCUT2D eigenvalue weighted by Crippen LogP contribution is 2.28. The summed E-state index contributed by atoms with van der Waals surface area (Å²) in [6.07, 6.45) is 2.45. The summed E-state index contributed by atoms with van der Waals surface area (Å²) in [5.74, 6) is 1.11. The summed E-state index contributed by atoms with van der Waals surface area (Å²) < 4.78 is 15.7. The quantitative estimate of drug-likeness (QED) is 0.571. The van der Waals surface area contributed by atoms with E-state index < -0.39 is 0 Å². The number of methoxy groups -OCH3 is 2. The number of hydrogen-bond acceptors (Lipinski definition) is 4. The molecule has 4 heteroatoms. The van der Waals surface area contributed by atoms with Crippen LogP contribution in [-0.2, 0) is 22.4 Å². The van der Waals surface area contributed by atoms with E-state index in [2.05, 4.69) is 0 Å². The molecule has 0 aliphatic heterocycles. The van der Waals surface area contributed by atoms with E-state index in [1.54, 1.807) is 14.2 Å². The van der Waals surface area contributed by atoms with E-state index in [4.69, 9.17) is 14.2 Å². The van der Waals surface area contributed by atoms with Gasteiger partial charge in [0.15, 0.2) is 11.5 Å². The summed E-state index contributed by atoms with van der Waals surface area (Å²) >= 11 is 0. The molecule has 2 aromatic rings. The molecule has 0 fully saturated rings. The van der Waals surface area contributed by atoms with Crippen LogP contribution in [-0.4, -0.2) is 20.2 Å². The maximum absolute atomic E-state index is 11.8. The van der Waals surface area contributed by atoms with Gasteiger partial charge < -0.3 is 14.2 Å². The molecule has 126 valence electrons. The van der Waals surface area contributed by atoms with E-state index in [1.807, 2.05) is 55.5 Å². The third-order valence-electron chi connectivity index (χ3n) is 3.51. The summed E-state index contributed by atoms with van der Waals surface area (Å²) in [5.41, 5.74) is 2.94. The molecule has 4 nitrogen and oxygen atoms in total. The number of benzene rings is 2. The summed E-state index contributed by atoms with van der Waals surface area (Å²) in [6.45, 7) is 1.92. The van der Waals surface area contributed by atoms with Crippen LogP contribution in [0.2, 0.25) is 0 Å². The lowest BCUT2D eigenvalue weighted by Gasteiger charge is -2.09. The highest BCUT2D eigenvalue weighted by atomic mass is 16.5. The Morgan fingerprint density at radius 3 is 2.29 bits per heavy atom. The van der Waals surface area contributed by atoms with Crippen LogP contribution in [0.25, 0.3) is 0 Å². The number of carbonyl (C=O) groups is 1. The van der Waals surface area contributed by atoms with Gasteiger partial charge in [-0.25, -0.2) is 0 Å². The molecule has 0 bridgehead atoms. The average Bonchev–Trinajstić information content (AvgIpc) is 2.60. The Hall–Kier alpha value is -2.75. The van der Waals surface area contributed by atoms with Crippen LogP contribution in [0.3, 0.4) is 0 Å². The molecule has 2 aromatic carbocycles. The molecule has 0 atom stereocenters. The third-order valence-corrected chi connectivity index (χ3v) is 3.51. The Morgan fingerprint density at radius 1 is 0.917 bits per heavy atom. The highest BCUT2D eigenvalue weighted by molar-refractivity contribution is 5.73. The molecule has 2 rings (SSSR count). The van der Waals surface area contributed by atoms with Gasteiger partial charge in [-0.3, -0.25) is 4.79 Å². The maximum Gasteiger partial charge on any atom is 0.315 e. The molecule has 24 heavy (non-hydrogen) atoms. The van der Waals surface area contributed by atoms with Crippen molar-refractivity contribution in [1.82, 2.24) is 0 Å². The van der Waals surface area contributed by atoms with Crippen LogP contribution in [0.15, 0.2) is 60.4 Å². The smallest absolute Gasteiger partial charge is 0.315 e. The summed E-state index contributed by atoms with van der Waals surface area (Å²) in [5, 5.41) is 0. The van der Waals surface area contributed by atoms with Crippen molar-refractivity contribution in [3.05, 3.63) is 71.5 Å². The Labute approximate surface area is 142 Å². The van der Waals surface area contributed by atoms with Gasteiger partial charge in [0, 0.05) is 0 Å². The lowest BCUT2D eigenvalue weighted by Crippen LogP contribution is -2.04. The molecule has 0 aromatic heterocycles. The lowest BCUT2D eigenvalue weighted by molar-refractivity contribution is -0.137. The molecule has 0 heterocycles. The first-order chi connectivity index (χ1) is 11.6. The van der Waals surface area contributed by atoms with Gasteiger partial charge in [0.25, 0.3) is 0 Å². The number of rotatable bonds is 7. The zero-order chi connectivity index (χ0) is 17.4. The number of hydrogen-bond donors (Lipinski definition) is 0. The van der Waals surface area contributed by atoms with Gasteiger partial charge in [0.1, 0.15) is 0 Å². The highest BCUT2D eigenvalue weighted by Gasteiger charge is 2.06. The van der Waals surface area contributed by atoms with Crippen LogP contribution in [0.4, 0.5) is 0 Å². The Morgan fingerprint density at radius 2 is 1.62 bits per heavy atom. The molecular formula is C20H22O4. The second-order valence-corrected chi connectivity index (χ2v) is 5.48. The van der Waals surface area contributed by atoms with Crippen molar-refractivity contribution < 1.29 is 19.0 Å². The van der Waals surface area contributed by atoms with Crippen LogP contribution in [0.5, 0.6) is 11.5 Å². The van der Waals surface area contributed by atoms with Gasteiger partial charge in [-0.2, -0.15) is 0 Å². The third kappa shape index (κ3) is 5.16. The van der Waals surface area contributed by atoms with Crippen molar-refractivity contribution in [2.45, 2.75) is 19.8 Å². The summed E-state index contributed by atoms with van der Waals surface area (Å²) in [4.78, 5) is 11.8. The zero-order valence-corrected chi connectivity index (χ0v) is 14.2. The molecule has 0 amide bonds. The van der Waals surface area contributed by atoms with Crippen LogP contribution in [0.1, 0.15) is 18.1 Å². The van der Waals surface area contributed by atoms with Gasteiger partial charge in [-0.15, -0.1) is 0 Å². The Kier molecular flexibility index (Phi) is 6.43. The number of allylic oxidation sites excluding steroid dienone is 1. The Bertz CT molecular complexity index is 705. The molecule has 0 saturated carbocycles. The second-order valence-electron chi connectivity index (χ2n) is 5.48. The van der Waals surface area contributed by atoms with Gasteiger partial charge >= 0.3 is 5.97 Å². The number of ether oxygens (including phenoxy) is 3. The minimum atomic E-state index is -0.270. The van der Waals surface area contributed by atoms with Crippen LogP contribution < -0.4 is 9.47 Å². The SMILES string of the molecule is COc1ccc(C/C(C)=C/OC(=O)Cc2ccccc2)cc1OC. The first kappa shape index (κ1) is 17.6. The molecule has 0 aliphatic rings. The summed E-state index contributed by atoms with van der Waals surface area (Å²) in [7, 11) is 3.21. The van der Waals surface area contributed by atoms with Crippen molar-refractivity contribution in [2.24, 2.45) is 0 Å². The van der Waals surface area contributed by atoms with Crippen LogP contribution in [0, 0.1) is 0 Å². The molecular weight excluding hydrogens is 304 g/mol. The fraction of sp³-hybridized carbons (Fsp3) is 0.250. The monoisotopic (exact) mass is 326 g/mol. The van der Waals surface area contributed by atoms with Crippen LogP contribution >= 0.6 is 0 Å². The topological polar surface area (TPSA) is 44.8 Å². The van der Waals surface area contributed by atoms with Crippen molar-refractivity contribution >= 4 is 5.97 Å². The zero-order valence-electron chi connectivity index (χ0n) is 14.2. The summed E-state index contributed by atoms with van der Waals surface area (Å²) in [6, 6.07) is 15.3. The maximum atomic E-state index is 11.8. The van der Waals surface area contributed by atoms with Gasteiger partial charge in [-0.1, -0.05) is 36.4 Å². The van der Waals surface area contributed by atoms with Gasteiger partial charge in [0.05, 0.1) is 26.9 Å². The number of esters is 1. The molecule has 0 spiro atoms. The van der Waals surface area contributed by atoms with Crippen molar-refractivity contribution in [1.29, 1.82) is 0 Å². The van der Waals surface area contributed by atoms with E-state index in [0.29, 0.717) is 17.9 Å². The predicted molar refractivity (Wildman–Crippen MR) is 93.2 cm³/mol. The molecule has 0 aliphatic carbocycles. The van der Waals surface area contributed by atoms with Crippen molar-refractivity contribution in [3.63, 3.8) is 0 Å². The standard InChI is InChI=1S/C20H22O4/c1-15(11-17-9-10-18(22-2)19(12-17)23-3)14-24-20(21)13-16-7-5-4-6-8-16/h4-10,12,14H,11,13H2,1-3H3/b15-14+. The van der Waals surface area contributed by atoms with E-state index in [0.717, 1.165) is 16.7 Å².